The van der Waals surface area contributed by atoms with Crippen molar-refractivity contribution >= 4 is 35.1 Å². The van der Waals surface area contributed by atoms with Crippen LogP contribution >= 0.6 is 23.2 Å². The summed E-state index contributed by atoms with van der Waals surface area (Å²) in [7, 11) is 0. The molecule has 0 saturated carbocycles. The number of morpholine rings is 1. The predicted octanol–water partition coefficient (Wildman–Crippen LogP) is 1.70. The highest BCUT2D eigenvalue weighted by Crippen LogP contribution is 2.21. The third-order valence-electron chi connectivity index (χ3n) is 2.87. The maximum absolute atomic E-state index is 12.3. The van der Waals surface area contributed by atoms with Crippen LogP contribution in [-0.4, -0.2) is 52.7 Å². The van der Waals surface area contributed by atoms with E-state index in [4.69, 9.17) is 33.0 Å². The first kappa shape index (κ1) is 15.0. The number of pyridine rings is 1. The molecule has 0 bridgehead atoms. The number of nitrogens with zero attached hydrogens (tertiary/aromatic N) is 2. The molecule has 0 spiro atoms. The average Bonchev–Trinajstić information content (AvgIpc) is 2.40. The van der Waals surface area contributed by atoms with E-state index in [0.717, 1.165) is 0 Å². The molecule has 0 aliphatic carbocycles. The maximum atomic E-state index is 12.3. The molecule has 0 aromatic carbocycles. The van der Waals surface area contributed by atoms with Gasteiger partial charge in [-0.1, -0.05) is 23.2 Å². The van der Waals surface area contributed by atoms with Gasteiger partial charge in [0.05, 0.1) is 29.7 Å². The molecule has 1 unspecified atom stereocenters. The van der Waals surface area contributed by atoms with Gasteiger partial charge in [0.1, 0.15) is 5.15 Å². The van der Waals surface area contributed by atoms with Crippen LogP contribution in [0.1, 0.15) is 16.8 Å². The Morgan fingerprint density at radius 2 is 2.25 bits per heavy atom. The molecule has 2 rings (SSSR count). The lowest BCUT2D eigenvalue weighted by molar-refractivity contribution is -0.141. The molecule has 1 atom stereocenters. The average molecular weight is 319 g/mol. The Labute approximate surface area is 125 Å². The van der Waals surface area contributed by atoms with Gasteiger partial charge in [0.15, 0.2) is 0 Å². The van der Waals surface area contributed by atoms with Crippen LogP contribution in [0.5, 0.6) is 0 Å². The summed E-state index contributed by atoms with van der Waals surface area (Å²) in [6, 6.07) is 1.45. The molecule has 1 amide bonds. The number of halogens is 2. The fourth-order valence-corrected chi connectivity index (χ4v) is 2.21. The van der Waals surface area contributed by atoms with Crippen molar-refractivity contribution in [3.8, 4) is 0 Å². The fourth-order valence-electron chi connectivity index (χ4n) is 1.94. The monoisotopic (exact) mass is 318 g/mol. The largest absolute Gasteiger partial charge is 0.481 e. The van der Waals surface area contributed by atoms with E-state index in [0.29, 0.717) is 18.7 Å². The van der Waals surface area contributed by atoms with E-state index in [9.17, 15) is 9.59 Å². The lowest BCUT2D eigenvalue weighted by Crippen LogP contribution is -2.46. The molecule has 0 radical (unpaired) electrons. The van der Waals surface area contributed by atoms with Gasteiger partial charge in [-0.2, -0.15) is 0 Å². The highest BCUT2D eigenvalue weighted by molar-refractivity contribution is 6.41. The van der Waals surface area contributed by atoms with Crippen LogP contribution in [0, 0.1) is 0 Å². The molecular formula is C12H12Cl2N2O4. The molecule has 108 valence electrons. The Hall–Kier alpha value is -1.37. The molecule has 6 nitrogen and oxygen atoms in total. The normalized spacial score (nSPS) is 18.9. The number of hydrogen-bond acceptors (Lipinski definition) is 4. The second kappa shape index (κ2) is 6.39. The van der Waals surface area contributed by atoms with Crippen LogP contribution in [0.15, 0.2) is 12.3 Å². The number of carboxylic acids is 1. The standard InChI is InChI=1S/C12H12Cl2N2O4/c13-9-3-7(5-15-11(9)14)12(19)16-1-2-20-8(6-16)4-10(17)18/h3,5,8H,1-2,4,6H2,(H,17,18). The van der Waals surface area contributed by atoms with E-state index in [-0.39, 0.29) is 29.0 Å². The summed E-state index contributed by atoms with van der Waals surface area (Å²) in [6.45, 7) is 0.930. The van der Waals surface area contributed by atoms with Crippen molar-refractivity contribution in [3.05, 3.63) is 28.0 Å². The van der Waals surface area contributed by atoms with Gasteiger partial charge in [-0.3, -0.25) is 9.59 Å². The van der Waals surface area contributed by atoms with Crippen LogP contribution in [0.2, 0.25) is 10.2 Å². The summed E-state index contributed by atoms with van der Waals surface area (Å²) in [4.78, 5) is 28.3. The minimum absolute atomic E-state index is 0.133. The van der Waals surface area contributed by atoms with E-state index in [2.05, 4.69) is 4.98 Å². The SMILES string of the molecule is O=C(O)CC1CN(C(=O)c2cnc(Cl)c(Cl)c2)CCO1. The minimum Gasteiger partial charge on any atom is -0.481 e. The number of carbonyl (C=O) groups excluding carboxylic acids is 1. The van der Waals surface area contributed by atoms with Crippen LogP contribution in [-0.2, 0) is 9.53 Å². The van der Waals surface area contributed by atoms with Crippen molar-refractivity contribution in [2.24, 2.45) is 0 Å². The third-order valence-corrected chi connectivity index (χ3v) is 3.56. The summed E-state index contributed by atoms with van der Waals surface area (Å²) >= 11 is 11.5. The first-order valence-corrected chi connectivity index (χ1v) is 6.66. The van der Waals surface area contributed by atoms with Gasteiger partial charge in [0.2, 0.25) is 0 Å². The second-order valence-corrected chi connectivity index (χ2v) is 5.10. The second-order valence-electron chi connectivity index (χ2n) is 4.34. The molecule has 20 heavy (non-hydrogen) atoms. The summed E-state index contributed by atoms with van der Waals surface area (Å²) in [5.74, 6) is -1.23. The van der Waals surface area contributed by atoms with E-state index in [1.807, 2.05) is 0 Å². The molecule has 2 heterocycles. The van der Waals surface area contributed by atoms with Gasteiger partial charge in [-0.15, -0.1) is 0 Å². The Kier molecular flexibility index (Phi) is 4.80. The lowest BCUT2D eigenvalue weighted by Gasteiger charge is -2.32. The topological polar surface area (TPSA) is 79.7 Å². The number of carboxylic acid groups (broad SMARTS) is 1. The van der Waals surface area contributed by atoms with E-state index in [1.54, 1.807) is 0 Å². The molecule has 1 aromatic rings. The summed E-state index contributed by atoms with van der Waals surface area (Å²) in [5, 5.41) is 9.08. The smallest absolute Gasteiger partial charge is 0.306 e. The van der Waals surface area contributed by atoms with Crippen molar-refractivity contribution in [1.82, 2.24) is 9.88 Å². The van der Waals surface area contributed by atoms with Crippen LogP contribution < -0.4 is 0 Å². The van der Waals surface area contributed by atoms with Crippen molar-refractivity contribution in [3.63, 3.8) is 0 Å². The minimum atomic E-state index is -0.958. The first-order valence-electron chi connectivity index (χ1n) is 5.91. The number of amides is 1. The zero-order valence-electron chi connectivity index (χ0n) is 10.4. The van der Waals surface area contributed by atoms with Gasteiger partial charge < -0.3 is 14.7 Å². The third kappa shape index (κ3) is 3.59. The van der Waals surface area contributed by atoms with E-state index < -0.39 is 12.1 Å². The van der Waals surface area contributed by atoms with E-state index >= 15 is 0 Å². The molecule has 1 N–H and O–H groups in total. The predicted molar refractivity (Wildman–Crippen MR) is 72.2 cm³/mol. The number of aliphatic carboxylic acids is 1. The maximum Gasteiger partial charge on any atom is 0.306 e. The zero-order valence-corrected chi connectivity index (χ0v) is 11.9. The van der Waals surface area contributed by atoms with Gasteiger partial charge >= 0.3 is 5.97 Å². The van der Waals surface area contributed by atoms with Crippen LogP contribution in [0.4, 0.5) is 0 Å². The number of hydrogen-bond donors (Lipinski definition) is 1. The van der Waals surface area contributed by atoms with Crippen molar-refractivity contribution in [2.75, 3.05) is 19.7 Å². The van der Waals surface area contributed by atoms with E-state index in [1.165, 1.54) is 17.2 Å². The van der Waals surface area contributed by atoms with Crippen molar-refractivity contribution < 1.29 is 19.4 Å². The van der Waals surface area contributed by atoms with Crippen LogP contribution in [0.25, 0.3) is 0 Å². The van der Waals surface area contributed by atoms with Crippen molar-refractivity contribution in [2.45, 2.75) is 12.5 Å². The Morgan fingerprint density at radius 3 is 2.90 bits per heavy atom. The highest BCUT2D eigenvalue weighted by Gasteiger charge is 2.27. The Morgan fingerprint density at radius 1 is 1.50 bits per heavy atom. The van der Waals surface area contributed by atoms with Gasteiger partial charge in [-0.05, 0) is 6.07 Å². The van der Waals surface area contributed by atoms with Gasteiger partial charge in [0, 0.05) is 19.3 Å². The van der Waals surface area contributed by atoms with Crippen LogP contribution in [0.3, 0.4) is 0 Å². The van der Waals surface area contributed by atoms with Gasteiger partial charge in [0.25, 0.3) is 5.91 Å². The molecule has 1 saturated heterocycles. The Balaban J connectivity index is 2.08. The number of rotatable bonds is 3. The number of aromatic nitrogens is 1. The molecule has 1 fully saturated rings. The molecule has 1 aliphatic rings. The fraction of sp³-hybridized carbons (Fsp3) is 0.417. The molecular weight excluding hydrogens is 307 g/mol. The molecule has 1 aliphatic heterocycles. The summed E-state index contributed by atoms with van der Waals surface area (Å²) in [6.07, 6.45) is 0.711. The summed E-state index contributed by atoms with van der Waals surface area (Å²) in [5.41, 5.74) is 0.315. The Bertz CT molecular complexity index is 538. The summed E-state index contributed by atoms with van der Waals surface area (Å²) < 4.78 is 5.31. The zero-order chi connectivity index (χ0) is 14.7. The molecule has 8 heteroatoms. The quantitative estimate of drug-likeness (QED) is 0.858. The van der Waals surface area contributed by atoms with Crippen molar-refractivity contribution in [1.29, 1.82) is 0 Å². The molecule has 1 aromatic heterocycles. The van der Waals surface area contributed by atoms with Gasteiger partial charge in [-0.25, -0.2) is 4.98 Å². The lowest BCUT2D eigenvalue weighted by atomic mass is 10.1. The first-order chi connectivity index (χ1) is 9.47. The highest BCUT2D eigenvalue weighted by atomic mass is 35.5. The number of carbonyl (C=O) groups is 2. The number of ether oxygens (including phenoxy) is 1.